The Hall–Kier alpha value is -3.15. The Morgan fingerprint density at radius 2 is 1.72 bits per heavy atom. The van der Waals surface area contributed by atoms with Crippen LogP contribution in [0.2, 0.25) is 0 Å². The molecule has 0 atom stereocenters. The van der Waals surface area contributed by atoms with Gasteiger partial charge in [0.25, 0.3) is 5.88 Å². The van der Waals surface area contributed by atoms with Crippen LogP contribution in [-0.4, -0.2) is 14.8 Å². The molecule has 0 aliphatic carbocycles. The molecule has 0 unspecified atom stereocenters. The highest BCUT2D eigenvalue weighted by Crippen LogP contribution is 2.06. The van der Waals surface area contributed by atoms with Crippen molar-refractivity contribution < 1.29 is 4.74 Å². The minimum Gasteiger partial charge on any atom is -0.468 e. The van der Waals surface area contributed by atoms with Crippen LogP contribution >= 0.6 is 0 Å². The lowest BCUT2D eigenvalue weighted by Crippen LogP contribution is -2.33. The number of nitrogens with zero attached hydrogens (tertiary/aromatic N) is 2. The van der Waals surface area contributed by atoms with Crippen LogP contribution in [0.25, 0.3) is 0 Å². The molecule has 0 spiro atoms. The highest BCUT2D eigenvalue weighted by molar-refractivity contribution is 5.21. The molecule has 0 saturated carbocycles. The van der Waals surface area contributed by atoms with Gasteiger partial charge in [-0.2, -0.15) is 0 Å². The lowest BCUT2D eigenvalue weighted by molar-refractivity contribution is 0.275. The number of aromatic amines is 1. The molecule has 3 aromatic rings. The van der Waals surface area contributed by atoms with E-state index in [0.717, 1.165) is 11.1 Å². The maximum absolute atomic E-state index is 11.9. The average molecular weight is 337 g/mol. The minimum atomic E-state index is -0.618. The molecular weight excluding hydrogens is 318 g/mol. The molecule has 0 fully saturated rings. The van der Waals surface area contributed by atoms with Crippen LogP contribution in [0.3, 0.4) is 0 Å². The first-order valence-electron chi connectivity index (χ1n) is 8.05. The quantitative estimate of drug-likeness (QED) is 0.747. The zero-order chi connectivity index (χ0) is 17.6. The summed E-state index contributed by atoms with van der Waals surface area (Å²) in [6.45, 7) is 2.60. The first-order chi connectivity index (χ1) is 12.1. The van der Waals surface area contributed by atoms with E-state index in [4.69, 9.17) is 4.74 Å². The molecule has 1 N–H and O–H groups in total. The van der Waals surface area contributed by atoms with Crippen molar-refractivity contribution in [2.75, 3.05) is 0 Å². The van der Waals surface area contributed by atoms with E-state index in [-0.39, 0.29) is 12.5 Å². The number of hydrogen-bond acceptors (Lipinski definition) is 4. The number of ether oxygens (including phenoxy) is 1. The molecule has 6 heteroatoms. The molecule has 0 saturated heterocycles. The smallest absolute Gasteiger partial charge is 0.344 e. The van der Waals surface area contributed by atoms with Gasteiger partial charge in [-0.25, -0.2) is 9.48 Å². The van der Waals surface area contributed by atoms with Crippen molar-refractivity contribution in [1.82, 2.24) is 14.8 Å². The van der Waals surface area contributed by atoms with Crippen molar-refractivity contribution in [1.29, 1.82) is 0 Å². The Balaban J connectivity index is 1.72. The monoisotopic (exact) mass is 337 g/mol. The summed E-state index contributed by atoms with van der Waals surface area (Å²) in [5, 5.41) is 4.06. The van der Waals surface area contributed by atoms with Gasteiger partial charge in [0.2, 0.25) is 0 Å². The summed E-state index contributed by atoms with van der Waals surface area (Å²) in [6.07, 6.45) is 0.636. The molecule has 25 heavy (non-hydrogen) atoms. The van der Waals surface area contributed by atoms with Crippen LogP contribution in [0.15, 0.2) is 64.2 Å². The van der Waals surface area contributed by atoms with Crippen LogP contribution in [0.5, 0.6) is 5.88 Å². The number of benzene rings is 2. The molecule has 1 aromatic heterocycles. The lowest BCUT2D eigenvalue weighted by atomic mass is 10.1. The van der Waals surface area contributed by atoms with Crippen LogP contribution in [-0.2, 0) is 19.6 Å². The fourth-order valence-corrected chi connectivity index (χ4v) is 2.38. The molecule has 0 amide bonds. The molecular formula is C19H19N3O3. The van der Waals surface area contributed by atoms with Crippen LogP contribution in [0, 0.1) is 6.92 Å². The molecule has 1 heterocycles. The zero-order valence-electron chi connectivity index (χ0n) is 13.9. The van der Waals surface area contributed by atoms with Gasteiger partial charge >= 0.3 is 11.2 Å². The normalized spacial score (nSPS) is 10.6. The molecule has 0 bridgehead atoms. The van der Waals surface area contributed by atoms with E-state index in [2.05, 4.69) is 10.1 Å². The highest BCUT2D eigenvalue weighted by Gasteiger charge is 2.08. The molecule has 0 aliphatic rings. The third kappa shape index (κ3) is 4.44. The maximum atomic E-state index is 11.9. The molecule has 6 nitrogen and oxygen atoms in total. The molecule has 2 aromatic carbocycles. The SMILES string of the molecule is Cc1ccc(CCn2nc(OCc3ccccc3)c(=O)[nH]c2=O)cc1. The van der Waals surface area contributed by atoms with Gasteiger partial charge in [-0.1, -0.05) is 60.2 Å². The fraction of sp³-hybridized carbons (Fsp3) is 0.211. The summed E-state index contributed by atoms with van der Waals surface area (Å²) in [6, 6.07) is 17.5. The van der Waals surface area contributed by atoms with Crippen LogP contribution in [0.1, 0.15) is 16.7 Å². The number of rotatable bonds is 6. The van der Waals surface area contributed by atoms with Gasteiger partial charge in [-0.3, -0.25) is 9.78 Å². The number of aromatic nitrogens is 3. The Labute approximate surface area is 144 Å². The Morgan fingerprint density at radius 3 is 2.44 bits per heavy atom. The van der Waals surface area contributed by atoms with Gasteiger partial charge in [-0.05, 0) is 24.5 Å². The topological polar surface area (TPSA) is 77.0 Å². The third-order valence-corrected chi connectivity index (χ3v) is 3.81. The summed E-state index contributed by atoms with van der Waals surface area (Å²) in [4.78, 5) is 26.1. The lowest BCUT2D eigenvalue weighted by Gasteiger charge is -2.08. The van der Waals surface area contributed by atoms with E-state index in [1.165, 1.54) is 10.2 Å². The van der Waals surface area contributed by atoms with Crippen molar-refractivity contribution in [3.63, 3.8) is 0 Å². The average Bonchev–Trinajstić information content (AvgIpc) is 2.62. The summed E-state index contributed by atoms with van der Waals surface area (Å²) in [5.41, 5.74) is 2.04. The highest BCUT2D eigenvalue weighted by atomic mass is 16.5. The first kappa shape index (κ1) is 16.7. The summed E-state index contributed by atoms with van der Waals surface area (Å²) < 4.78 is 6.70. The zero-order valence-corrected chi connectivity index (χ0v) is 13.9. The predicted octanol–water partition coefficient (Wildman–Crippen LogP) is 2.06. The first-order valence-corrected chi connectivity index (χ1v) is 8.05. The largest absolute Gasteiger partial charge is 0.468 e. The van der Waals surface area contributed by atoms with Gasteiger partial charge < -0.3 is 4.74 Å². The van der Waals surface area contributed by atoms with E-state index < -0.39 is 11.2 Å². The maximum Gasteiger partial charge on any atom is 0.344 e. The predicted molar refractivity (Wildman–Crippen MR) is 94.8 cm³/mol. The Kier molecular flexibility index (Phi) is 5.09. The molecule has 0 aliphatic heterocycles. The van der Waals surface area contributed by atoms with Gasteiger partial charge in [0.05, 0.1) is 6.54 Å². The molecule has 3 rings (SSSR count). The van der Waals surface area contributed by atoms with Crippen molar-refractivity contribution in [2.24, 2.45) is 0 Å². The van der Waals surface area contributed by atoms with E-state index in [0.29, 0.717) is 13.0 Å². The van der Waals surface area contributed by atoms with E-state index >= 15 is 0 Å². The number of hydrogen-bond donors (Lipinski definition) is 1. The van der Waals surface area contributed by atoms with Crippen LogP contribution in [0.4, 0.5) is 0 Å². The minimum absolute atomic E-state index is 0.104. The van der Waals surface area contributed by atoms with Crippen molar-refractivity contribution in [2.45, 2.75) is 26.5 Å². The number of nitrogens with one attached hydrogen (secondary N) is 1. The molecule has 0 radical (unpaired) electrons. The second-order valence-corrected chi connectivity index (χ2v) is 5.80. The fourth-order valence-electron chi connectivity index (χ4n) is 2.38. The number of H-pyrrole nitrogens is 1. The van der Waals surface area contributed by atoms with E-state index in [9.17, 15) is 9.59 Å². The Bertz CT molecular complexity index is 944. The van der Waals surface area contributed by atoms with Gasteiger partial charge in [0.1, 0.15) is 6.61 Å². The van der Waals surface area contributed by atoms with E-state index in [1.54, 1.807) is 0 Å². The third-order valence-electron chi connectivity index (χ3n) is 3.81. The number of aryl methyl sites for hydroxylation is 3. The standard InChI is InChI=1S/C19H19N3O3/c1-14-7-9-15(10-8-14)11-12-22-19(24)20-17(23)18(21-22)25-13-16-5-3-2-4-6-16/h2-10H,11-13H2,1H3,(H,20,23,24). The summed E-state index contributed by atoms with van der Waals surface area (Å²) in [5.74, 6) is -0.104. The van der Waals surface area contributed by atoms with Crippen molar-refractivity contribution in [3.8, 4) is 5.88 Å². The van der Waals surface area contributed by atoms with E-state index in [1.807, 2.05) is 61.5 Å². The van der Waals surface area contributed by atoms with Gasteiger partial charge in [0, 0.05) is 0 Å². The summed E-state index contributed by atoms with van der Waals surface area (Å²) >= 11 is 0. The molecule has 128 valence electrons. The van der Waals surface area contributed by atoms with Crippen LogP contribution < -0.4 is 16.0 Å². The second kappa shape index (κ2) is 7.61. The Morgan fingerprint density at radius 1 is 1.00 bits per heavy atom. The van der Waals surface area contributed by atoms with Crippen molar-refractivity contribution in [3.05, 3.63) is 92.1 Å². The van der Waals surface area contributed by atoms with Gasteiger partial charge in [0.15, 0.2) is 0 Å². The second-order valence-electron chi connectivity index (χ2n) is 5.80. The summed E-state index contributed by atoms with van der Waals surface area (Å²) in [7, 11) is 0. The van der Waals surface area contributed by atoms with Crippen molar-refractivity contribution >= 4 is 0 Å². The van der Waals surface area contributed by atoms with Gasteiger partial charge in [-0.15, -0.1) is 5.10 Å².